The van der Waals surface area contributed by atoms with E-state index in [1.165, 1.54) is 29.2 Å². The number of benzene rings is 4. The molecule has 2 atom stereocenters. The summed E-state index contributed by atoms with van der Waals surface area (Å²) >= 11 is 0. The number of ether oxygens (including phenoxy) is 1. The number of piperazine rings is 2. The predicted octanol–water partition coefficient (Wildman–Crippen LogP) is 8.00. The van der Waals surface area contributed by atoms with E-state index in [-0.39, 0.29) is 75.5 Å². The normalized spacial score (nSPS) is 23.7. The fourth-order valence-corrected chi connectivity index (χ4v) is 13.0. The number of anilines is 2. The summed E-state index contributed by atoms with van der Waals surface area (Å²) in [4.78, 5) is 58.0. The van der Waals surface area contributed by atoms with Crippen LogP contribution in [0, 0.1) is 47.6 Å². The molecule has 4 amide bonds. The maximum atomic E-state index is 17.3. The minimum absolute atomic E-state index is 0.0152. The number of aryl methyl sites for hydroxylation is 1. The van der Waals surface area contributed by atoms with Crippen LogP contribution in [0.4, 0.5) is 25.1 Å². The van der Waals surface area contributed by atoms with Crippen LogP contribution in [-0.2, 0) is 4.79 Å². The van der Waals surface area contributed by atoms with Crippen molar-refractivity contribution in [2.75, 3.05) is 88.4 Å². The Morgan fingerprint density at radius 2 is 1.62 bits per heavy atom. The molecule has 12 rings (SSSR count). The Balaban J connectivity index is 0.675. The van der Waals surface area contributed by atoms with Crippen molar-refractivity contribution in [3.05, 3.63) is 82.9 Å². The Labute approximate surface area is 433 Å². The van der Waals surface area contributed by atoms with Crippen LogP contribution in [0.15, 0.2) is 54.6 Å². The van der Waals surface area contributed by atoms with Crippen LogP contribution in [0.3, 0.4) is 0 Å². The standard InChI is InChI=1S/C58H65F2N9O5/c1-3-43-47(59)11-6-38-28-42(70)30-46(50(38)43)44-9-10-45-52(51(44)60)63-55(64-53(45)68-32-40-7-8-41(33-68)61-40)74-35-58(17-18-58)34-66-26-24-65(25-27-66)31-37-12-15-57(16-13-37)19-22-67(23-20-57)54(72)39-5-4-36(2)48(29-39)69-21-14-49(71)62-56(69)73/h1,4-6,9-11,28-30,37,40-41,61,70H,7-8,12-27,31-35H2,2H3,(H,62,71,73)/i31D2. The van der Waals surface area contributed by atoms with Crippen molar-refractivity contribution in [3.8, 4) is 35.2 Å². The summed E-state index contributed by atoms with van der Waals surface area (Å²) in [5.74, 6) is 1.23. The van der Waals surface area contributed by atoms with E-state index < -0.39 is 24.2 Å². The van der Waals surface area contributed by atoms with Gasteiger partial charge in [0.15, 0.2) is 5.82 Å². The molecule has 2 bridgehead atoms. The second-order valence-corrected chi connectivity index (χ2v) is 22.4. The molecule has 5 aromatic rings. The minimum atomic E-state index is -1.44. The van der Waals surface area contributed by atoms with Gasteiger partial charge in [0, 0.05) is 126 Å². The molecule has 2 saturated carbocycles. The quantitative estimate of drug-likeness (QED) is 0.111. The van der Waals surface area contributed by atoms with Gasteiger partial charge in [0.1, 0.15) is 22.9 Å². The number of imide groups is 1. The first kappa shape index (κ1) is 46.1. The maximum absolute atomic E-state index is 17.3. The smallest absolute Gasteiger partial charge is 0.328 e. The Morgan fingerprint density at radius 1 is 0.878 bits per heavy atom. The molecule has 5 saturated heterocycles. The SMILES string of the molecule is [2H]C([2H])(C1CCC2(CC1)CCN(C(=O)c1ccc(C)c(N3CCC(=O)NC3=O)c1)CC2)N1CCN(CC2(COc3nc(N4CC5CCC(C4)N5)c4ccc(-c5cc(O)cc6ccc(F)c(C#C)c56)c(F)c4n3)CC2)CC1. The van der Waals surface area contributed by atoms with Gasteiger partial charge < -0.3 is 34.8 Å². The van der Waals surface area contributed by atoms with E-state index in [1.807, 2.05) is 28.9 Å². The van der Waals surface area contributed by atoms with Gasteiger partial charge >= 0.3 is 12.0 Å². The number of piperidine rings is 1. The van der Waals surface area contributed by atoms with Gasteiger partial charge in [-0.1, -0.05) is 24.1 Å². The van der Waals surface area contributed by atoms with Gasteiger partial charge in [-0.15, -0.1) is 6.42 Å². The average molecular weight is 1010 g/mol. The van der Waals surface area contributed by atoms with E-state index >= 15 is 8.78 Å². The summed E-state index contributed by atoms with van der Waals surface area (Å²) in [7, 11) is 0. The van der Waals surface area contributed by atoms with Crippen molar-refractivity contribution in [2.45, 2.75) is 89.6 Å². The van der Waals surface area contributed by atoms with E-state index in [1.54, 1.807) is 18.2 Å². The first-order valence-electron chi connectivity index (χ1n) is 27.6. The van der Waals surface area contributed by atoms with Gasteiger partial charge in [-0.05, 0) is 135 Å². The van der Waals surface area contributed by atoms with Crippen LogP contribution in [0.25, 0.3) is 32.8 Å². The van der Waals surface area contributed by atoms with E-state index in [2.05, 4.69) is 26.4 Å². The lowest BCUT2D eigenvalue weighted by Crippen LogP contribution is -2.51. The highest BCUT2D eigenvalue weighted by atomic mass is 19.1. The molecule has 14 nitrogen and oxygen atoms in total. The Morgan fingerprint density at radius 3 is 2.34 bits per heavy atom. The van der Waals surface area contributed by atoms with Gasteiger partial charge in [-0.2, -0.15) is 9.97 Å². The molecule has 7 fully saturated rings. The molecule has 6 heterocycles. The molecule has 4 aromatic carbocycles. The fourth-order valence-electron chi connectivity index (χ4n) is 13.0. The number of amides is 4. The van der Waals surface area contributed by atoms with E-state index in [9.17, 15) is 22.2 Å². The molecule has 1 spiro atoms. The molecular formula is C58H65F2N9O5. The van der Waals surface area contributed by atoms with Crippen LogP contribution < -0.4 is 25.2 Å². The van der Waals surface area contributed by atoms with Crippen LogP contribution in [0.5, 0.6) is 11.8 Å². The molecule has 74 heavy (non-hydrogen) atoms. The van der Waals surface area contributed by atoms with E-state index in [0.29, 0.717) is 91.2 Å². The van der Waals surface area contributed by atoms with Gasteiger partial charge in [0.25, 0.3) is 5.91 Å². The highest BCUT2D eigenvalue weighted by Gasteiger charge is 2.46. The summed E-state index contributed by atoms with van der Waals surface area (Å²) in [6.07, 6.45) is 15.3. The number of rotatable bonds is 11. The highest BCUT2D eigenvalue weighted by molar-refractivity contribution is 6.07. The number of halogens is 2. The number of nitrogens with zero attached hydrogens (tertiary/aromatic N) is 7. The number of likely N-dealkylation sites (tertiary alicyclic amines) is 1. The van der Waals surface area contributed by atoms with E-state index in [0.717, 1.165) is 89.4 Å². The van der Waals surface area contributed by atoms with Gasteiger partial charge in [0.2, 0.25) is 5.91 Å². The number of terminal acetylenes is 1. The zero-order valence-electron chi connectivity index (χ0n) is 44.0. The number of aromatic hydroxyl groups is 1. The zero-order chi connectivity index (χ0) is 52.7. The molecule has 5 aliphatic heterocycles. The third-order valence-corrected chi connectivity index (χ3v) is 17.5. The summed E-state index contributed by atoms with van der Waals surface area (Å²) in [6, 6.07) is 14.7. The third-order valence-electron chi connectivity index (χ3n) is 17.5. The molecule has 1 aromatic heterocycles. The van der Waals surface area contributed by atoms with Gasteiger partial charge in [-0.3, -0.25) is 19.8 Å². The Hall–Kier alpha value is -6.41. The number of hydrogen-bond donors (Lipinski definition) is 3. The van der Waals surface area contributed by atoms with E-state index in [4.69, 9.17) is 21.1 Å². The molecule has 3 N–H and O–H groups in total. The van der Waals surface area contributed by atoms with Crippen molar-refractivity contribution in [1.82, 2.24) is 35.3 Å². The number of fused-ring (bicyclic) bond motifs is 4. The van der Waals surface area contributed by atoms with Gasteiger partial charge in [0.05, 0.1) is 12.2 Å². The number of nitrogens with one attached hydrogen (secondary N) is 2. The number of carbonyl (C=O) groups excluding carboxylic acids is 3. The Kier molecular flexibility index (Phi) is 12.1. The van der Waals surface area contributed by atoms with Crippen LogP contribution >= 0.6 is 0 Å². The maximum Gasteiger partial charge on any atom is 0.328 e. The summed E-state index contributed by atoms with van der Waals surface area (Å²) in [5.41, 5.74) is 2.41. The molecule has 0 radical (unpaired) electrons. The molecule has 2 unspecified atom stereocenters. The third kappa shape index (κ3) is 9.40. The largest absolute Gasteiger partial charge is 0.508 e. The number of urea groups is 1. The van der Waals surface area contributed by atoms with Crippen LogP contribution in [0.2, 0.25) is 0 Å². The Bertz CT molecular complexity index is 3180. The zero-order valence-corrected chi connectivity index (χ0v) is 42.0. The molecule has 16 heteroatoms. The fraction of sp³-hybridized carbons (Fsp3) is 0.500. The molecule has 2 aliphatic carbocycles. The second-order valence-electron chi connectivity index (χ2n) is 22.4. The van der Waals surface area contributed by atoms with Crippen molar-refractivity contribution in [3.63, 3.8) is 0 Å². The second kappa shape index (κ2) is 19.4. The highest BCUT2D eigenvalue weighted by Crippen LogP contribution is 2.49. The lowest BCUT2D eigenvalue weighted by atomic mass is 9.65. The van der Waals surface area contributed by atoms with Gasteiger partial charge in [-0.25, -0.2) is 13.6 Å². The number of carbonyl (C=O) groups is 3. The van der Waals surface area contributed by atoms with Crippen LogP contribution in [0.1, 0.15) is 94.9 Å². The number of aromatic nitrogens is 2. The van der Waals surface area contributed by atoms with Crippen LogP contribution in [-0.4, -0.2) is 138 Å². The minimum Gasteiger partial charge on any atom is -0.508 e. The average Bonchev–Trinajstić information content (AvgIpc) is 4.14. The number of phenols is 1. The molecule has 386 valence electrons. The number of hydrogen-bond acceptors (Lipinski definition) is 11. The van der Waals surface area contributed by atoms with Crippen molar-refractivity contribution < 1.29 is 35.7 Å². The monoisotopic (exact) mass is 1010 g/mol. The predicted molar refractivity (Wildman–Crippen MR) is 280 cm³/mol. The summed E-state index contributed by atoms with van der Waals surface area (Å²) < 4.78 is 57.8. The summed E-state index contributed by atoms with van der Waals surface area (Å²) in [5, 5.41) is 18.1. The van der Waals surface area contributed by atoms with Crippen molar-refractivity contribution >= 4 is 51.0 Å². The molecule has 7 aliphatic rings. The molecular weight excluding hydrogens is 941 g/mol. The first-order valence-corrected chi connectivity index (χ1v) is 26.6. The van der Waals surface area contributed by atoms with Crippen molar-refractivity contribution in [2.24, 2.45) is 16.7 Å². The number of phenolic OH excluding ortho intramolecular Hbond substituents is 1. The summed E-state index contributed by atoms with van der Waals surface area (Å²) in [6.45, 7) is 7.27. The lowest BCUT2D eigenvalue weighted by molar-refractivity contribution is -0.120. The van der Waals surface area contributed by atoms with Crippen molar-refractivity contribution in [1.29, 1.82) is 0 Å². The first-order chi connectivity index (χ1) is 36.6. The topological polar surface area (TPSA) is 147 Å². The lowest BCUT2D eigenvalue weighted by Gasteiger charge is -2.47.